The number of rotatable bonds is 2. The fourth-order valence-electron chi connectivity index (χ4n) is 2.29. The third-order valence-electron chi connectivity index (χ3n) is 3.36. The smallest absolute Gasteiger partial charge is 0.0622 e. The highest BCUT2D eigenvalue weighted by Crippen LogP contribution is 2.52. The average molecular weight is 204 g/mol. The van der Waals surface area contributed by atoms with Crippen molar-refractivity contribution in [2.45, 2.75) is 39.2 Å². The molecule has 0 spiro atoms. The first-order chi connectivity index (χ1) is 7.00. The van der Waals surface area contributed by atoms with Crippen molar-refractivity contribution in [2.24, 2.45) is 11.3 Å². The summed E-state index contributed by atoms with van der Waals surface area (Å²) in [5, 5.41) is 10.2. The van der Waals surface area contributed by atoms with Gasteiger partial charge in [-0.1, -0.05) is 51.1 Å². The predicted octanol–water partition coefficient (Wildman–Crippen LogP) is 3.20. The van der Waals surface area contributed by atoms with Crippen LogP contribution in [0.3, 0.4) is 0 Å². The maximum Gasteiger partial charge on any atom is 0.0622 e. The molecule has 0 radical (unpaired) electrons. The van der Waals surface area contributed by atoms with Gasteiger partial charge < -0.3 is 5.11 Å². The molecule has 0 amide bonds. The molecule has 3 atom stereocenters. The van der Waals surface area contributed by atoms with Gasteiger partial charge in [0.1, 0.15) is 0 Å². The third kappa shape index (κ3) is 2.23. The molecule has 0 saturated heterocycles. The number of hydrogen-bond acceptors (Lipinski definition) is 1. The van der Waals surface area contributed by atoms with Gasteiger partial charge in [-0.05, 0) is 29.2 Å². The minimum Gasteiger partial charge on any atom is -0.392 e. The van der Waals surface area contributed by atoms with Crippen LogP contribution < -0.4 is 0 Å². The van der Waals surface area contributed by atoms with Crippen molar-refractivity contribution in [3.05, 3.63) is 35.9 Å². The van der Waals surface area contributed by atoms with Gasteiger partial charge in [-0.25, -0.2) is 0 Å². The van der Waals surface area contributed by atoms with Crippen LogP contribution in [0.1, 0.15) is 38.7 Å². The van der Waals surface area contributed by atoms with E-state index in [9.17, 15) is 5.11 Å². The van der Waals surface area contributed by atoms with Crippen molar-refractivity contribution in [3.8, 4) is 0 Å². The first kappa shape index (κ1) is 10.7. The summed E-state index contributed by atoms with van der Waals surface area (Å²) in [5.41, 5.74) is 1.39. The number of benzene rings is 1. The van der Waals surface area contributed by atoms with Gasteiger partial charge in [0.2, 0.25) is 0 Å². The van der Waals surface area contributed by atoms with Gasteiger partial charge in [0.05, 0.1) is 6.10 Å². The van der Waals surface area contributed by atoms with E-state index < -0.39 is 0 Å². The lowest BCUT2D eigenvalue weighted by atomic mass is 9.85. The van der Waals surface area contributed by atoms with Crippen LogP contribution in [-0.2, 0) is 0 Å². The average Bonchev–Trinajstić information content (AvgIpc) is 2.96. The number of aliphatic hydroxyl groups is 1. The largest absolute Gasteiger partial charge is 0.392 e. The van der Waals surface area contributed by atoms with Crippen molar-refractivity contribution < 1.29 is 5.11 Å². The van der Waals surface area contributed by atoms with Crippen molar-refractivity contribution in [1.82, 2.24) is 0 Å². The van der Waals surface area contributed by atoms with Crippen LogP contribution in [0.15, 0.2) is 30.3 Å². The van der Waals surface area contributed by atoms with Crippen LogP contribution in [0.5, 0.6) is 0 Å². The second kappa shape index (κ2) is 3.64. The third-order valence-corrected chi connectivity index (χ3v) is 3.36. The molecule has 1 N–H and O–H groups in total. The summed E-state index contributed by atoms with van der Waals surface area (Å²) in [5.74, 6) is 1.05. The summed E-state index contributed by atoms with van der Waals surface area (Å²) in [7, 11) is 0. The van der Waals surface area contributed by atoms with E-state index in [4.69, 9.17) is 0 Å². The lowest BCUT2D eigenvalue weighted by Crippen LogP contribution is -2.28. The van der Waals surface area contributed by atoms with Crippen LogP contribution in [-0.4, -0.2) is 11.2 Å². The van der Waals surface area contributed by atoms with Gasteiger partial charge in [-0.2, -0.15) is 0 Å². The van der Waals surface area contributed by atoms with E-state index in [1.165, 1.54) is 5.56 Å². The van der Waals surface area contributed by atoms with Gasteiger partial charge in [0, 0.05) is 0 Å². The second-order valence-corrected chi connectivity index (χ2v) is 5.73. The number of hydrogen-bond donors (Lipinski definition) is 1. The molecule has 1 saturated carbocycles. The predicted molar refractivity (Wildman–Crippen MR) is 62.8 cm³/mol. The molecule has 82 valence electrons. The van der Waals surface area contributed by atoms with Gasteiger partial charge in [-0.15, -0.1) is 0 Å². The van der Waals surface area contributed by atoms with Crippen molar-refractivity contribution in [1.29, 1.82) is 0 Å². The summed E-state index contributed by atoms with van der Waals surface area (Å²) < 4.78 is 0. The molecule has 0 aromatic heterocycles. The molecular formula is C14H20O. The Labute approximate surface area is 92.1 Å². The van der Waals surface area contributed by atoms with Crippen molar-refractivity contribution >= 4 is 0 Å². The summed E-state index contributed by atoms with van der Waals surface area (Å²) in [4.78, 5) is 0. The lowest BCUT2D eigenvalue weighted by Gasteiger charge is -2.26. The molecule has 1 aliphatic carbocycles. The molecule has 0 unspecified atom stereocenters. The maximum atomic E-state index is 10.2. The maximum absolute atomic E-state index is 10.2. The standard InChI is InChI=1S/C14H20O/c1-14(2,3)13(15)12-9-11(12)10-7-5-4-6-8-10/h4-8,11-13,15H,9H2,1-3H3/t11-,12+,13+/m1/s1. The fraction of sp³-hybridized carbons (Fsp3) is 0.571. The molecule has 1 aliphatic rings. The van der Waals surface area contributed by atoms with E-state index >= 15 is 0 Å². The Bertz CT molecular complexity index is 323. The Kier molecular flexibility index (Phi) is 2.59. The first-order valence-electron chi connectivity index (χ1n) is 5.73. The number of aliphatic hydroxyl groups excluding tert-OH is 1. The Balaban J connectivity index is 2.03. The molecular weight excluding hydrogens is 184 g/mol. The zero-order valence-electron chi connectivity index (χ0n) is 9.77. The topological polar surface area (TPSA) is 20.2 Å². The Morgan fingerprint density at radius 2 is 1.80 bits per heavy atom. The molecule has 0 aliphatic heterocycles. The van der Waals surface area contributed by atoms with E-state index in [2.05, 4.69) is 45.0 Å². The van der Waals surface area contributed by atoms with E-state index in [-0.39, 0.29) is 11.5 Å². The van der Waals surface area contributed by atoms with Gasteiger partial charge in [0.25, 0.3) is 0 Å². The Morgan fingerprint density at radius 3 is 2.33 bits per heavy atom. The molecule has 15 heavy (non-hydrogen) atoms. The van der Waals surface area contributed by atoms with Crippen molar-refractivity contribution in [3.63, 3.8) is 0 Å². The SMILES string of the molecule is CC(C)(C)[C@@H](O)[C@H]1C[C@@H]1c1ccccc1. The van der Waals surface area contributed by atoms with E-state index in [1.54, 1.807) is 0 Å². The molecule has 1 heteroatoms. The normalized spacial score (nSPS) is 27.5. The van der Waals surface area contributed by atoms with Gasteiger partial charge in [-0.3, -0.25) is 0 Å². The first-order valence-corrected chi connectivity index (χ1v) is 5.73. The Morgan fingerprint density at radius 1 is 1.20 bits per heavy atom. The fourth-order valence-corrected chi connectivity index (χ4v) is 2.29. The quantitative estimate of drug-likeness (QED) is 0.784. The zero-order chi connectivity index (χ0) is 11.1. The summed E-state index contributed by atoms with van der Waals surface area (Å²) in [6.07, 6.45) is 0.963. The molecule has 1 fully saturated rings. The summed E-state index contributed by atoms with van der Waals surface area (Å²) in [6, 6.07) is 10.5. The molecule has 0 bridgehead atoms. The van der Waals surface area contributed by atoms with Gasteiger partial charge >= 0.3 is 0 Å². The Hall–Kier alpha value is -0.820. The van der Waals surface area contributed by atoms with Gasteiger partial charge in [0.15, 0.2) is 0 Å². The lowest BCUT2D eigenvalue weighted by molar-refractivity contribution is 0.0423. The molecule has 2 rings (SSSR count). The summed E-state index contributed by atoms with van der Waals surface area (Å²) in [6.45, 7) is 6.33. The highest BCUT2D eigenvalue weighted by atomic mass is 16.3. The minimum atomic E-state index is -0.178. The highest BCUT2D eigenvalue weighted by molar-refractivity contribution is 5.26. The van der Waals surface area contributed by atoms with Crippen LogP contribution in [0.4, 0.5) is 0 Å². The monoisotopic (exact) mass is 204 g/mol. The van der Waals surface area contributed by atoms with Crippen LogP contribution in [0, 0.1) is 11.3 Å². The molecule has 1 aromatic carbocycles. The van der Waals surface area contributed by atoms with E-state index in [1.807, 2.05) is 6.07 Å². The zero-order valence-corrected chi connectivity index (χ0v) is 9.77. The summed E-state index contributed by atoms with van der Waals surface area (Å²) >= 11 is 0. The second-order valence-electron chi connectivity index (χ2n) is 5.73. The van der Waals surface area contributed by atoms with Crippen molar-refractivity contribution in [2.75, 3.05) is 0 Å². The highest BCUT2D eigenvalue weighted by Gasteiger charge is 2.46. The molecule has 1 nitrogen and oxygen atoms in total. The van der Waals surface area contributed by atoms with Crippen LogP contribution in [0.25, 0.3) is 0 Å². The van der Waals surface area contributed by atoms with Crippen LogP contribution in [0.2, 0.25) is 0 Å². The van der Waals surface area contributed by atoms with E-state index in [0.717, 1.165) is 6.42 Å². The van der Waals surface area contributed by atoms with Crippen LogP contribution >= 0.6 is 0 Å². The molecule has 1 aromatic rings. The van der Waals surface area contributed by atoms with E-state index in [0.29, 0.717) is 11.8 Å². The molecule has 0 heterocycles. The minimum absolute atomic E-state index is 0.00813.